The van der Waals surface area contributed by atoms with Crippen LogP contribution in [0.15, 0.2) is 46.3 Å². The molecule has 14 heteroatoms. The molecule has 5 rings (SSSR count). The molecule has 4 heterocycles. The number of imidazole rings is 1. The van der Waals surface area contributed by atoms with Crippen molar-refractivity contribution in [2.75, 3.05) is 33.2 Å². The molecule has 0 aliphatic carbocycles. The molecule has 0 unspecified atom stereocenters. The van der Waals surface area contributed by atoms with Crippen LogP contribution in [0.5, 0.6) is 0 Å². The minimum absolute atomic E-state index is 0.00982. The summed E-state index contributed by atoms with van der Waals surface area (Å²) in [5, 5.41) is 2.83. The monoisotopic (exact) mass is 579 g/mol. The number of aromatic nitrogens is 3. The summed E-state index contributed by atoms with van der Waals surface area (Å²) in [4.78, 5) is 39.4. The second kappa shape index (κ2) is 11.5. The minimum atomic E-state index is -4.59. The van der Waals surface area contributed by atoms with Crippen molar-refractivity contribution in [3.05, 3.63) is 64.2 Å². The molecule has 2 aliphatic heterocycles. The minimum Gasteiger partial charge on any atom is -0.349 e. The fourth-order valence-electron chi connectivity index (χ4n) is 5.94. The van der Waals surface area contributed by atoms with Gasteiger partial charge in [0, 0.05) is 44.8 Å². The lowest BCUT2D eigenvalue weighted by Crippen LogP contribution is -2.54. The third-order valence-corrected chi connectivity index (χ3v) is 7.81. The van der Waals surface area contributed by atoms with Gasteiger partial charge in [0.2, 0.25) is 0 Å². The van der Waals surface area contributed by atoms with Crippen LogP contribution in [-0.2, 0) is 0 Å². The number of hydrogen-bond donors (Lipinski definition) is 2. The van der Waals surface area contributed by atoms with Crippen LogP contribution in [0.4, 0.5) is 26.7 Å². The van der Waals surface area contributed by atoms with Gasteiger partial charge in [0.1, 0.15) is 12.4 Å². The van der Waals surface area contributed by atoms with Crippen molar-refractivity contribution in [3.8, 4) is 0 Å². The summed E-state index contributed by atoms with van der Waals surface area (Å²) in [6, 6.07) is 5.71. The number of urea groups is 1. The largest absolute Gasteiger partial charge is 0.405 e. The van der Waals surface area contributed by atoms with Gasteiger partial charge in [-0.1, -0.05) is 12.1 Å². The molecule has 1 aromatic carbocycles. The van der Waals surface area contributed by atoms with Crippen LogP contribution in [0.3, 0.4) is 0 Å². The second-order valence-electron chi connectivity index (χ2n) is 10.4. The van der Waals surface area contributed by atoms with Gasteiger partial charge in [-0.2, -0.15) is 13.2 Å². The molecular weight excluding hydrogens is 549 g/mol. The molecule has 2 aromatic heterocycles. The van der Waals surface area contributed by atoms with Crippen molar-refractivity contribution >= 4 is 23.0 Å². The van der Waals surface area contributed by atoms with Crippen LogP contribution in [-0.4, -0.2) is 81.6 Å². The predicted molar refractivity (Wildman–Crippen MR) is 142 cm³/mol. The zero-order valence-electron chi connectivity index (χ0n) is 22.3. The first-order chi connectivity index (χ1) is 19.6. The number of H-pyrrole nitrogens is 1. The van der Waals surface area contributed by atoms with E-state index in [0.717, 1.165) is 11.0 Å². The number of aliphatic imine (C=N–C) groups is 1. The number of amides is 2. The summed E-state index contributed by atoms with van der Waals surface area (Å²) in [5.41, 5.74) is 0.872. The van der Waals surface area contributed by atoms with Gasteiger partial charge in [-0.15, -0.1) is 0 Å². The molecular formula is C27H30F5N7O2. The molecule has 220 valence electrons. The van der Waals surface area contributed by atoms with E-state index < -0.39 is 42.3 Å². The number of piperidine rings is 1. The lowest BCUT2D eigenvalue weighted by molar-refractivity contribution is -0.138. The van der Waals surface area contributed by atoms with Crippen LogP contribution < -0.4 is 11.0 Å². The van der Waals surface area contributed by atoms with E-state index in [2.05, 4.69) is 20.3 Å². The topological polar surface area (TPSA) is 98.6 Å². The molecule has 2 saturated heterocycles. The Labute approximate surface area is 232 Å². The lowest BCUT2D eigenvalue weighted by atomic mass is 9.93. The van der Waals surface area contributed by atoms with Gasteiger partial charge in [0.05, 0.1) is 11.6 Å². The molecule has 0 saturated carbocycles. The van der Waals surface area contributed by atoms with Crippen molar-refractivity contribution in [1.29, 1.82) is 0 Å². The number of benzene rings is 1. The van der Waals surface area contributed by atoms with Gasteiger partial charge in [0.25, 0.3) is 0 Å². The van der Waals surface area contributed by atoms with E-state index in [1.165, 1.54) is 19.2 Å². The number of alkyl halides is 3. The highest BCUT2D eigenvalue weighted by Crippen LogP contribution is 2.32. The fraction of sp³-hybridized carbons (Fsp3) is 0.481. The molecule has 2 aliphatic rings. The van der Waals surface area contributed by atoms with Gasteiger partial charge in [0.15, 0.2) is 17.3 Å². The smallest absolute Gasteiger partial charge is 0.349 e. The molecule has 2 atom stereocenters. The Bertz CT molecular complexity index is 1490. The maximum atomic E-state index is 14.6. The van der Waals surface area contributed by atoms with Crippen molar-refractivity contribution < 1.29 is 26.7 Å². The molecule has 0 bridgehead atoms. The van der Waals surface area contributed by atoms with Crippen molar-refractivity contribution in [3.63, 3.8) is 0 Å². The summed E-state index contributed by atoms with van der Waals surface area (Å²) in [6.45, 7) is -0.938. The predicted octanol–water partition coefficient (Wildman–Crippen LogP) is 4.19. The van der Waals surface area contributed by atoms with E-state index in [1.54, 1.807) is 27.8 Å². The van der Waals surface area contributed by atoms with Crippen LogP contribution in [0, 0.1) is 11.6 Å². The number of rotatable bonds is 4. The van der Waals surface area contributed by atoms with Crippen molar-refractivity contribution in [1.82, 2.24) is 29.7 Å². The zero-order valence-corrected chi connectivity index (χ0v) is 22.3. The number of carbonyl (C=O) groups excluding carboxylic acids is 1. The average molecular weight is 580 g/mol. The average Bonchev–Trinajstić information content (AvgIpc) is 3.17. The number of halogens is 5. The highest BCUT2D eigenvalue weighted by atomic mass is 19.4. The van der Waals surface area contributed by atoms with Crippen LogP contribution in [0.25, 0.3) is 11.2 Å². The fourth-order valence-corrected chi connectivity index (χ4v) is 5.94. The summed E-state index contributed by atoms with van der Waals surface area (Å²) in [5.74, 6) is -2.87. The van der Waals surface area contributed by atoms with Crippen molar-refractivity contribution in [2.24, 2.45) is 4.99 Å². The van der Waals surface area contributed by atoms with Gasteiger partial charge in [-0.3, -0.25) is 14.5 Å². The van der Waals surface area contributed by atoms with Crippen LogP contribution >= 0.6 is 0 Å². The standard InChI is InChI=1S/C27H30F5N7O2/c1-33-24-20(8-7-16(14-38(24)15-27(30,31)32)18-4-2-5-19(28)22(18)29)35-25(40)37-12-9-17(10-13-37)39-21-6-3-11-34-23(21)36-26(39)41/h2-6,11,16-17,20H,7-10,12-15H2,1H3,(H,35,40)(H,34,36,41)/b33-24+/t16-,20-/m1/s1. The lowest BCUT2D eigenvalue weighted by Gasteiger charge is -2.35. The molecule has 0 spiro atoms. The van der Waals surface area contributed by atoms with Gasteiger partial charge < -0.3 is 15.1 Å². The first-order valence-electron chi connectivity index (χ1n) is 13.4. The van der Waals surface area contributed by atoms with Crippen molar-refractivity contribution in [2.45, 2.75) is 49.9 Å². The van der Waals surface area contributed by atoms with E-state index in [4.69, 9.17) is 0 Å². The first kappa shape index (κ1) is 28.6. The normalized spacial score (nSPS) is 21.9. The van der Waals surface area contributed by atoms with E-state index >= 15 is 0 Å². The van der Waals surface area contributed by atoms with E-state index in [-0.39, 0.29) is 42.5 Å². The number of pyridine rings is 1. The number of carbonyl (C=O) groups is 1. The van der Waals surface area contributed by atoms with Gasteiger partial charge in [-0.25, -0.2) is 23.4 Å². The summed E-state index contributed by atoms with van der Waals surface area (Å²) >= 11 is 0. The highest BCUT2D eigenvalue weighted by Gasteiger charge is 2.39. The van der Waals surface area contributed by atoms with Crippen LogP contribution in [0.2, 0.25) is 0 Å². The zero-order chi connectivity index (χ0) is 29.3. The number of aromatic amines is 1. The second-order valence-corrected chi connectivity index (χ2v) is 10.4. The number of hydrogen-bond acceptors (Lipinski definition) is 4. The first-order valence-corrected chi connectivity index (χ1v) is 13.4. The Morgan fingerprint density at radius 1 is 1.12 bits per heavy atom. The number of likely N-dealkylation sites (tertiary alicyclic amines) is 2. The Hall–Kier alpha value is -3.97. The SMILES string of the molecule is C/N=C1\[C@H](NC(=O)N2CCC(n3c(=O)[nH]c4ncccc43)CC2)CC[C@@H](c2cccc(F)c2F)CN1CC(F)(F)F. The third kappa shape index (κ3) is 6.05. The Kier molecular flexibility index (Phi) is 8.00. The molecule has 9 nitrogen and oxygen atoms in total. The van der Waals surface area contributed by atoms with E-state index in [9.17, 15) is 31.5 Å². The van der Waals surface area contributed by atoms with Crippen LogP contribution in [0.1, 0.15) is 43.2 Å². The maximum absolute atomic E-state index is 14.6. The molecule has 2 amide bonds. The summed E-state index contributed by atoms with van der Waals surface area (Å²) < 4.78 is 70.9. The third-order valence-electron chi connectivity index (χ3n) is 7.81. The Balaban J connectivity index is 1.31. The highest BCUT2D eigenvalue weighted by molar-refractivity contribution is 5.91. The quantitative estimate of drug-likeness (QED) is 0.453. The van der Waals surface area contributed by atoms with Gasteiger partial charge >= 0.3 is 17.9 Å². The molecule has 3 aromatic rings. The van der Waals surface area contributed by atoms with Gasteiger partial charge in [-0.05, 0) is 49.4 Å². The number of nitrogens with one attached hydrogen (secondary N) is 2. The molecule has 2 fully saturated rings. The summed E-state index contributed by atoms with van der Waals surface area (Å²) in [7, 11) is 1.35. The Morgan fingerprint density at radius 2 is 1.88 bits per heavy atom. The molecule has 41 heavy (non-hydrogen) atoms. The maximum Gasteiger partial charge on any atom is 0.405 e. The number of nitrogens with zero attached hydrogens (tertiary/aromatic N) is 5. The molecule has 0 radical (unpaired) electrons. The summed E-state index contributed by atoms with van der Waals surface area (Å²) in [6.07, 6.45) is -1.62. The van der Waals surface area contributed by atoms with E-state index in [0.29, 0.717) is 37.1 Å². The number of amidine groups is 1. The Morgan fingerprint density at radius 3 is 2.59 bits per heavy atom. The molecule has 2 N–H and O–H groups in total. The number of fused-ring (bicyclic) bond motifs is 1. The van der Waals surface area contributed by atoms with E-state index in [1.807, 2.05) is 0 Å².